The van der Waals surface area contributed by atoms with Gasteiger partial charge in [0.2, 0.25) is 5.91 Å². The van der Waals surface area contributed by atoms with Gasteiger partial charge in [0.15, 0.2) is 5.65 Å². The molecule has 1 aromatic carbocycles. The zero-order valence-electron chi connectivity index (χ0n) is 12.6. The summed E-state index contributed by atoms with van der Waals surface area (Å²) in [5.41, 5.74) is 2.01. The molecule has 0 saturated carbocycles. The highest BCUT2D eigenvalue weighted by molar-refractivity contribution is 8.00. The Morgan fingerprint density at radius 2 is 2.22 bits per heavy atom. The topological polar surface area (TPSA) is 92.8 Å². The van der Waals surface area contributed by atoms with Crippen LogP contribution in [0, 0.1) is 0 Å². The van der Waals surface area contributed by atoms with E-state index < -0.39 is 0 Å². The molecule has 0 aliphatic rings. The third-order valence-corrected chi connectivity index (χ3v) is 4.28. The number of aromatic nitrogens is 4. The van der Waals surface area contributed by atoms with Gasteiger partial charge in [0.05, 0.1) is 18.7 Å². The van der Waals surface area contributed by atoms with E-state index in [2.05, 4.69) is 25.3 Å². The minimum absolute atomic E-state index is 0.116. The molecule has 0 aliphatic heterocycles. The molecule has 2 N–H and O–H groups in total. The van der Waals surface area contributed by atoms with E-state index in [0.29, 0.717) is 22.1 Å². The molecule has 23 heavy (non-hydrogen) atoms. The summed E-state index contributed by atoms with van der Waals surface area (Å²) in [7, 11) is 1.59. The maximum absolute atomic E-state index is 12.3. The lowest BCUT2D eigenvalue weighted by Crippen LogP contribution is -2.22. The summed E-state index contributed by atoms with van der Waals surface area (Å²) in [6.07, 6.45) is 3.00. The van der Waals surface area contributed by atoms with Gasteiger partial charge in [-0.15, -0.1) is 0 Å². The van der Waals surface area contributed by atoms with Gasteiger partial charge in [-0.2, -0.15) is 0 Å². The van der Waals surface area contributed by atoms with Gasteiger partial charge in [0, 0.05) is 11.8 Å². The van der Waals surface area contributed by atoms with E-state index in [9.17, 15) is 4.79 Å². The number of rotatable bonds is 5. The van der Waals surface area contributed by atoms with Gasteiger partial charge in [0.1, 0.15) is 22.6 Å². The maximum atomic E-state index is 12.3. The molecule has 8 heteroatoms. The van der Waals surface area contributed by atoms with Crippen molar-refractivity contribution < 1.29 is 9.53 Å². The molecule has 118 valence electrons. The Hall–Kier alpha value is -2.61. The van der Waals surface area contributed by atoms with Crippen molar-refractivity contribution in [2.45, 2.75) is 17.2 Å². The number of H-pyrrole nitrogens is 1. The third kappa shape index (κ3) is 3.42. The number of ether oxygens (including phenoxy) is 1. The quantitative estimate of drug-likeness (QED) is 0.552. The third-order valence-electron chi connectivity index (χ3n) is 3.18. The SMILES string of the molecule is COc1cccc(NC(=O)C(C)Sc2ncnc3nc[nH]c23)c1. The van der Waals surface area contributed by atoms with Crippen LogP contribution in [0.4, 0.5) is 5.69 Å². The zero-order valence-corrected chi connectivity index (χ0v) is 13.4. The summed E-state index contributed by atoms with van der Waals surface area (Å²) < 4.78 is 5.15. The smallest absolute Gasteiger partial charge is 0.237 e. The summed E-state index contributed by atoms with van der Waals surface area (Å²) in [6.45, 7) is 1.82. The molecule has 0 saturated heterocycles. The number of hydrogen-bond donors (Lipinski definition) is 2. The normalized spacial score (nSPS) is 12.1. The molecule has 3 rings (SSSR count). The van der Waals surface area contributed by atoms with Crippen molar-refractivity contribution in [3.05, 3.63) is 36.9 Å². The van der Waals surface area contributed by atoms with Crippen molar-refractivity contribution in [3.63, 3.8) is 0 Å². The summed E-state index contributed by atoms with van der Waals surface area (Å²) in [5, 5.41) is 3.23. The summed E-state index contributed by atoms with van der Waals surface area (Å²) in [6, 6.07) is 7.23. The predicted octanol–water partition coefficient (Wildman–Crippen LogP) is 2.48. The molecule has 0 spiro atoms. The molecule has 1 unspecified atom stereocenters. The number of anilines is 1. The minimum atomic E-state index is -0.331. The predicted molar refractivity (Wildman–Crippen MR) is 88.6 cm³/mol. The first-order chi connectivity index (χ1) is 11.2. The highest BCUT2D eigenvalue weighted by atomic mass is 32.2. The van der Waals surface area contributed by atoms with Crippen molar-refractivity contribution in [2.24, 2.45) is 0 Å². The number of carbonyl (C=O) groups is 1. The highest BCUT2D eigenvalue weighted by Crippen LogP contribution is 2.27. The first-order valence-electron chi connectivity index (χ1n) is 6.93. The molecule has 3 aromatic rings. The van der Waals surface area contributed by atoms with Crippen LogP contribution in [0.15, 0.2) is 41.9 Å². The van der Waals surface area contributed by atoms with Crippen LogP contribution in [0.3, 0.4) is 0 Å². The number of aromatic amines is 1. The van der Waals surface area contributed by atoms with Crippen LogP contribution >= 0.6 is 11.8 Å². The Labute approximate surface area is 136 Å². The fourth-order valence-corrected chi connectivity index (χ4v) is 2.87. The van der Waals surface area contributed by atoms with Crippen molar-refractivity contribution in [2.75, 3.05) is 12.4 Å². The van der Waals surface area contributed by atoms with Crippen LogP contribution in [-0.4, -0.2) is 38.2 Å². The number of thioether (sulfide) groups is 1. The lowest BCUT2D eigenvalue weighted by molar-refractivity contribution is -0.115. The molecular formula is C15H15N5O2S. The van der Waals surface area contributed by atoms with Gasteiger partial charge in [0.25, 0.3) is 0 Å². The molecule has 2 aromatic heterocycles. The minimum Gasteiger partial charge on any atom is -0.497 e. The van der Waals surface area contributed by atoms with Crippen LogP contribution in [0.5, 0.6) is 5.75 Å². The van der Waals surface area contributed by atoms with E-state index in [1.807, 2.05) is 25.1 Å². The van der Waals surface area contributed by atoms with E-state index in [1.165, 1.54) is 18.1 Å². The number of amides is 1. The standard InChI is InChI=1S/C15H15N5O2S/c1-9(14(21)20-10-4-3-5-11(6-10)22-2)23-15-12-13(17-7-16-12)18-8-19-15/h3-9H,1-2H3,(H,20,21)(H,16,17,18,19). The number of hydrogen-bond acceptors (Lipinski definition) is 6. The van der Waals surface area contributed by atoms with Crippen molar-refractivity contribution in [1.29, 1.82) is 0 Å². The Morgan fingerprint density at radius 1 is 1.35 bits per heavy atom. The average Bonchev–Trinajstić information content (AvgIpc) is 3.04. The molecule has 0 radical (unpaired) electrons. The van der Waals surface area contributed by atoms with E-state index in [1.54, 1.807) is 19.5 Å². The molecule has 2 heterocycles. The number of fused-ring (bicyclic) bond motifs is 1. The molecular weight excluding hydrogens is 314 g/mol. The Balaban J connectivity index is 1.71. The number of imidazole rings is 1. The number of nitrogens with one attached hydrogen (secondary N) is 2. The second-order valence-corrected chi connectivity index (χ2v) is 6.09. The lowest BCUT2D eigenvalue weighted by atomic mass is 10.3. The Kier molecular flexibility index (Phi) is 4.42. The molecule has 0 fully saturated rings. The van der Waals surface area contributed by atoms with Crippen LogP contribution in [-0.2, 0) is 4.79 Å². The van der Waals surface area contributed by atoms with E-state index in [4.69, 9.17) is 4.74 Å². The van der Waals surface area contributed by atoms with E-state index in [0.717, 1.165) is 5.52 Å². The van der Waals surface area contributed by atoms with Crippen LogP contribution in [0.1, 0.15) is 6.92 Å². The molecule has 1 amide bonds. The van der Waals surface area contributed by atoms with Crippen LogP contribution in [0.25, 0.3) is 11.2 Å². The monoisotopic (exact) mass is 329 g/mol. The fraction of sp³-hybridized carbons (Fsp3) is 0.200. The number of benzene rings is 1. The van der Waals surface area contributed by atoms with E-state index in [-0.39, 0.29) is 11.2 Å². The summed E-state index contributed by atoms with van der Waals surface area (Å²) in [4.78, 5) is 27.7. The first-order valence-corrected chi connectivity index (χ1v) is 7.81. The molecule has 7 nitrogen and oxygen atoms in total. The second-order valence-electron chi connectivity index (χ2n) is 4.76. The van der Waals surface area contributed by atoms with Crippen molar-refractivity contribution in [3.8, 4) is 5.75 Å². The lowest BCUT2D eigenvalue weighted by Gasteiger charge is -2.12. The molecule has 0 bridgehead atoms. The Bertz CT molecular complexity index is 835. The van der Waals surface area contributed by atoms with Crippen molar-refractivity contribution >= 4 is 34.5 Å². The molecule has 0 aliphatic carbocycles. The summed E-state index contributed by atoms with van der Waals surface area (Å²) >= 11 is 1.35. The highest BCUT2D eigenvalue weighted by Gasteiger charge is 2.18. The van der Waals surface area contributed by atoms with E-state index >= 15 is 0 Å². The van der Waals surface area contributed by atoms with Crippen LogP contribution in [0.2, 0.25) is 0 Å². The van der Waals surface area contributed by atoms with Gasteiger partial charge in [-0.3, -0.25) is 4.79 Å². The summed E-state index contributed by atoms with van der Waals surface area (Å²) in [5.74, 6) is 0.576. The number of nitrogens with zero attached hydrogens (tertiary/aromatic N) is 3. The second kappa shape index (κ2) is 6.66. The van der Waals surface area contributed by atoms with Gasteiger partial charge < -0.3 is 15.0 Å². The first kappa shape index (κ1) is 15.3. The number of methoxy groups -OCH3 is 1. The van der Waals surface area contributed by atoms with Crippen molar-refractivity contribution in [1.82, 2.24) is 19.9 Å². The van der Waals surface area contributed by atoms with Gasteiger partial charge in [-0.25, -0.2) is 15.0 Å². The zero-order chi connectivity index (χ0) is 16.2. The number of carbonyl (C=O) groups excluding carboxylic acids is 1. The molecule has 1 atom stereocenters. The largest absolute Gasteiger partial charge is 0.497 e. The van der Waals surface area contributed by atoms with Gasteiger partial charge in [-0.1, -0.05) is 17.8 Å². The van der Waals surface area contributed by atoms with Crippen LogP contribution < -0.4 is 10.1 Å². The average molecular weight is 329 g/mol. The Morgan fingerprint density at radius 3 is 3.04 bits per heavy atom. The maximum Gasteiger partial charge on any atom is 0.237 e. The van der Waals surface area contributed by atoms with Gasteiger partial charge in [-0.05, 0) is 19.1 Å². The van der Waals surface area contributed by atoms with Gasteiger partial charge >= 0.3 is 0 Å². The fourth-order valence-electron chi connectivity index (χ4n) is 2.00.